The van der Waals surface area contributed by atoms with Crippen LogP contribution < -0.4 is 0 Å². The van der Waals surface area contributed by atoms with Crippen molar-refractivity contribution >= 4 is 34.3 Å². The lowest BCUT2D eigenvalue weighted by Crippen LogP contribution is -2.12. The topological polar surface area (TPSA) is 60.2 Å². The molecule has 36 heavy (non-hydrogen) atoms. The predicted octanol–water partition coefficient (Wildman–Crippen LogP) is 9.22. The van der Waals surface area contributed by atoms with E-state index in [9.17, 15) is 14.0 Å². The van der Waals surface area contributed by atoms with Crippen LogP contribution in [0.4, 0.5) is 4.39 Å². The third kappa shape index (κ3) is 7.99. The van der Waals surface area contributed by atoms with Crippen LogP contribution in [0.15, 0.2) is 34.7 Å². The molecule has 0 N–H and O–H groups in total. The molecule has 6 heteroatoms. The Morgan fingerprint density at radius 2 is 1.69 bits per heavy atom. The van der Waals surface area contributed by atoms with Gasteiger partial charge in [0, 0.05) is 36.0 Å². The fourth-order valence-electron chi connectivity index (χ4n) is 3.75. The van der Waals surface area contributed by atoms with Gasteiger partial charge in [-0.1, -0.05) is 80.0 Å². The number of fused-ring (bicyclic) bond motifs is 1. The highest BCUT2D eigenvalue weighted by atomic mass is 35.5. The largest absolute Gasteiger partial charge is 0.451 e. The maximum absolute atomic E-state index is 13.9. The lowest BCUT2D eigenvalue weighted by Gasteiger charge is -2.20. The minimum absolute atomic E-state index is 0.0676. The number of carbonyl (C=O) groups excluding carboxylic acids is 2. The number of aromatic nitrogens is 1. The van der Waals surface area contributed by atoms with E-state index in [1.807, 2.05) is 26.8 Å². The molecule has 1 aromatic carbocycles. The summed E-state index contributed by atoms with van der Waals surface area (Å²) in [6.07, 6.45) is 2.45. The number of nitrogens with zero attached hydrogens (tertiary/aromatic N) is 1. The average Bonchev–Trinajstić information content (AvgIpc) is 3.17. The van der Waals surface area contributed by atoms with Crippen molar-refractivity contribution in [1.82, 2.24) is 4.98 Å². The van der Waals surface area contributed by atoms with Gasteiger partial charge in [-0.3, -0.25) is 9.59 Å². The van der Waals surface area contributed by atoms with Crippen molar-refractivity contribution in [3.63, 3.8) is 0 Å². The molecule has 0 aliphatic carbocycles. The van der Waals surface area contributed by atoms with Crippen molar-refractivity contribution in [2.45, 2.75) is 87.0 Å². The molecule has 0 fully saturated rings. The van der Waals surface area contributed by atoms with Crippen molar-refractivity contribution in [2.75, 3.05) is 0 Å². The van der Waals surface area contributed by atoms with Crippen LogP contribution in [0.3, 0.4) is 0 Å². The summed E-state index contributed by atoms with van der Waals surface area (Å²) in [5.41, 5.74) is 3.27. The van der Waals surface area contributed by atoms with Crippen molar-refractivity contribution in [2.24, 2.45) is 11.3 Å². The molecule has 0 bridgehead atoms. The Labute approximate surface area is 219 Å². The lowest BCUT2D eigenvalue weighted by molar-refractivity contribution is -0.120. The van der Waals surface area contributed by atoms with Crippen molar-refractivity contribution in [1.29, 1.82) is 0 Å². The zero-order chi connectivity index (χ0) is 27.4. The Hall–Kier alpha value is -2.53. The number of pyridine rings is 1. The highest BCUT2D eigenvalue weighted by Gasteiger charge is 2.25. The standard InChI is InChI=1S/C21H21ClFNO2.C9H18O/c1-11(2)19(25)18-10-17-20(26-18)13(21(3,4)5)9-16(24-17)12-6-7-14(22)15(23)8-12;1-5-6-8(10)7-9(2,3)4/h6-11H,1-5H3;5-7H2,1-4H3. The number of Topliss-reactive ketones (excluding diaryl/α,β-unsaturated/α-hetero) is 2. The quantitative estimate of drug-likeness (QED) is 0.307. The zero-order valence-electron chi connectivity index (χ0n) is 23.0. The first-order chi connectivity index (χ1) is 16.5. The fourth-order valence-corrected chi connectivity index (χ4v) is 3.86. The summed E-state index contributed by atoms with van der Waals surface area (Å²) < 4.78 is 19.8. The van der Waals surface area contributed by atoms with Gasteiger partial charge < -0.3 is 4.42 Å². The number of ketones is 2. The van der Waals surface area contributed by atoms with E-state index >= 15 is 0 Å². The molecular weight excluding hydrogens is 477 g/mol. The summed E-state index contributed by atoms with van der Waals surface area (Å²) in [5, 5.41) is 0.0685. The van der Waals surface area contributed by atoms with Gasteiger partial charge in [-0.05, 0) is 35.4 Å². The Bertz CT molecular complexity index is 1230. The number of hydrogen-bond acceptors (Lipinski definition) is 4. The van der Waals surface area contributed by atoms with Crippen LogP contribution in [0, 0.1) is 17.2 Å². The number of carbonyl (C=O) groups is 2. The summed E-state index contributed by atoms with van der Waals surface area (Å²) in [6, 6.07) is 8.16. The van der Waals surface area contributed by atoms with Gasteiger partial charge in [0.15, 0.2) is 11.3 Å². The van der Waals surface area contributed by atoms with Crippen molar-refractivity contribution < 1.29 is 18.4 Å². The first kappa shape index (κ1) is 29.7. The molecule has 0 spiro atoms. The van der Waals surface area contributed by atoms with E-state index in [0.717, 1.165) is 24.8 Å². The van der Waals surface area contributed by atoms with Crippen LogP contribution >= 0.6 is 11.6 Å². The zero-order valence-corrected chi connectivity index (χ0v) is 23.8. The molecule has 196 valence electrons. The minimum atomic E-state index is -0.494. The molecule has 4 nitrogen and oxygen atoms in total. The summed E-state index contributed by atoms with van der Waals surface area (Å²) in [4.78, 5) is 28.0. The molecule has 0 saturated carbocycles. The van der Waals surface area contributed by atoms with E-state index in [4.69, 9.17) is 16.0 Å². The Morgan fingerprint density at radius 1 is 1.06 bits per heavy atom. The highest BCUT2D eigenvalue weighted by molar-refractivity contribution is 6.30. The number of rotatable bonds is 6. The molecule has 0 aliphatic rings. The average molecular weight is 516 g/mol. The monoisotopic (exact) mass is 515 g/mol. The first-order valence-electron chi connectivity index (χ1n) is 12.5. The normalized spacial score (nSPS) is 12.0. The summed E-state index contributed by atoms with van der Waals surface area (Å²) in [5.74, 6) is -0.0332. The number of benzene rings is 1. The maximum Gasteiger partial charge on any atom is 0.200 e. The lowest BCUT2D eigenvalue weighted by atomic mass is 9.86. The van der Waals surface area contributed by atoms with E-state index in [2.05, 4.69) is 46.5 Å². The van der Waals surface area contributed by atoms with Crippen LogP contribution in [0.25, 0.3) is 22.4 Å². The van der Waals surface area contributed by atoms with Crippen LogP contribution in [-0.4, -0.2) is 16.6 Å². The second-order valence-corrected chi connectivity index (χ2v) is 12.2. The van der Waals surface area contributed by atoms with Gasteiger partial charge in [0.25, 0.3) is 0 Å². The van der Waals surface area contributed by atoms with E-state index in [1.165, 1.54) is 12.1 Å². The fraction of sp³-hybridized carbons (Fsp3) is 0.500. The highest BCUT2D eigenvalue weighted by Crippen LogP contribution is 2.35. The molecular formula is C30H39ClFNO3. The number of hydrogen-bond donors (Lipinski definition) is 0. The van der Waals surface area contributed by atoms with Gasteiger partial charge in [0.2, 0.25) is 5.78 Å². The van der Waals surface area contributed by atoms with Crippen LogP contribution in [0.2, 0.25) is 5.02 Å². The Morgan fingerprint density at radius 3 is 2.19 bits per heavy atom. The number of halogens is 2. The van der Waals surface area contributed by atoms with E-state index in [-0.39, 0.29) is 27.6 Å². The predicted molar refractivity (Wildman–Crippen MR) is 146 cm³/mol. The molecule has 0 atom stereocenters. The maximum atomic E-state index is 13.9. The van der Waals surface area contributed by atoms with E-state index in [0.29, 0.717) is 33.9 Å². The van der Waals surface area contributed by atoms with Gasteiger partial charge in [0.05, 0.1) is 10.7 Å². The van der Waals surface area contributed by atoms with Crippen molar-refractivity contribution in [3.8, 4) is 11.3 Å². The molecule has 0 amide bonds. The molecule has 0 aliphatic heterocycles. The van der Waals surface area contributed by atoms with E-state index in [1.54, 1.807) is 12.1 Å². The third-order valence-electron chi connectivity index (χ3n) is 5.53. The van der Waals surface area contributed by atoms with Crippen LogP contribution in [0.5, 0.6) is 0 Å². The summed E-state index contributed by atoms with van der Waals surface area (Å²) >= 11 is 5.79. The van der Waals surface area contributed by atoms with Gasteiger partial charge >= 0.3 is 0 Å². The second kappa shape index (κ2) is 11.7. The van der Waals surface area contributed by atoms with Gasteiger partial charge in [-0.2, -0.15) is 0 Å². The molecule has 0 unspecified atom stereocenters. The SMILES string of the molecule is CC(C)C(=O)c1cc2nc(-c3ccc(Cl)c(F)c3)cc(C(C)(C)C)c2o1.CCCC(=O)CC(C)(C)C. The summed E-state index contributed by atoms with van der Waals surface area (Å²) in [7, 11) is 0. The Kier molecular flexibility index (Phi) is 9.64. The van der Waals surface area contributed by atoms with Crippen LogP contribution in [0.1, 0.15) is 97.7 Å². The second-order valence-electron chi connectivity index (χ2n) is 11.8. The molecule has 3 aromatic rings. The molecule has 2 aromatic heterocycles. The molecule has 2 heterocycles. The smallest absolute Gasteiger partial charge is 0.200 e. The third-order valence-corrected chi connectivity index (χ3v) is 5.83. The Balaban J connectivity index is 0.000000388. The summed E-state index contributed by atoms with van der Waals surface area (Å²) in [6.45, 7) is 18.2. The van der Waals surface area contributed by atoms with Crippen molar-refractivity contribution in [3.05, 3.63) is 52.5 Å². The molecule has 0 radical (unpaired) electrons. The minimum Gasteiger partial charge on any atom is -0.451 e. The van der Waals surface area contributed by atoms with Gasteiger partial charge in [-0.15, -0.1) is 0 Å². The first-order valence-corrected chi connectivity index (χ1v) is 12.9. The van der Waals surface area contributed by atoms with E-state index < -0.39 is 5.82 Å². The van der Waals surface area contributed by atoms with Gasteiger partial charge in [-0.25, -0.2) is 9.37 Å². The van der Waals surface area contributed by atoms with Crippen LogP contribution in [-0.2, 0) is 10.2 Å². The molecule has 3 rings (SSSR count). The van der Waals surface area contributed by atoms with Gasteiger partial charge in [0.1, 0.15) is 17.1 Å². The molecule has 0 saturated heterocycles. The number of furan rings is 1.